The Kier molecular flexibility index (Phi) is 4.68. The van der Waals surface area contributed by atoms with Crippen molar-refractivity contribution in [1.29, 1.82) is 5.26 Å². The van der Waals surface area contributed by atoms with Gasteiger partial charge in [0.1, 0.15) is 11.1 Å². The number of nitrogens with two attached hydrogens (primary N) is 1. The Morgan fingerprint density at radius 3 is 2.60 bits per heavy atom. The molecule has 0 aliphatic carbocycles. The fourth-order valence-corrected chi connectivity index (χ4v) is 2.82. The first-order valence-corrected chi connectivity index (χ1v) is 8.27. The molecule has 0 unspecified atom stereocenters. The molecule has 0 fully saturated rings. The smallest absolute Gasteiger partial charge is 0.230 e. The van der Waals surface area contributed by atoms with Gasteiger partial charge in [-0.25, -0.2) is 4.98 Å². The van der Waals surface area contributed by atoms with Crippen LogP contribution in [0.25, 0.3) is 22.9 Å². The van der Waals surface area contributed by atoms with Gasteiger partial charge in [-0.05, 0) is 6.08 Å². The molecule has 1 aromatic carbocycles. The summed E-state index contributed by atoms with van der Waals surface area (Å²) in [5.74, 6) is 0.696. The van der Waals surface area contributed by atoms with Crippen LogP contribution in [0.5, 0.6) is 0 Å². The zero-order valence-electron chi connectivity index (χ0n) is 13.7. The molecule has 25 heavy (non-hydrogen) atoms. The van der Waals surface area contributed by atoms with Crippen molar-refractivity contribution in [3.05, 3.63) is 46.5 Å². The summed E-state index contributed by atoms with van der Waals surface area (Å²) in [5, 5.41) is 12.1. The van der Waals surface area contributed by atoms with Crippen LogP contribution in [0.4, 0.5) is 11.9 Å². The quantitative estimate of drug-likeness (QED) is 0.722. The summed E-state index contributed by atoms with van der Waals surface area (Å²) >= 11 is 1.45. The molecule has 3 aromatic rings. The second-order valence-corrected chi connectivity index (χ2v) is 6.21. The lowest BCUT2D eigenvalue weighted by atomic mass is 10.2. The fourth-order valence-electron chi connectivity index (χ4n) is 2.07. The Morgan fingerprint density at radius 1 is 1.16 bits per heavy atom. The Morgan fingerprint density at radius 2 is 1.92 bits per heavy atom. The standard InChI is InChI=1S/C17H15N7S/c1-24(2)17-22-15(21-16(19)23-17)12(9-18)8-14-20-13(10-25-14)11-6-4-3-5-7-11/h3-8,10H,1-2H3,(H2,19,21,22,23)/b12-8-. The van der Waals surface area contributed by atoms with Gasteiger partial charge in [0.25, 0.3) is 0 Å². The minimum Gasteiger partial charge on any atom is -0.368 e. The van der Waals surface area contributed by atoms with E-state index in [2.05, 4.69) is 26.0 Å². The van der Waals surface area contributed by atoms with Gasteiger partial charge in [0.2, 0.25) is 11.9 Å². The van der Waals surface area contributed by atoms with Gasteiger partial charge in [-0.3, -0.25) is 0 Å². The third-order valence-corrected chi connectivity index (χ3v) is 4.05. The molecule has 0 saturated carbocycles. The van der Waals surface area contributed by atoms with E-state index in [1.54, 1.807) is 25.1 Å². The van der Waals surface area contributed by atoms with Crippen molar-refractivity contribution >= 4 is 34.9 Å². The van der Waals surface area contributed by atoms with E-state index in [-0.39, 0.29) is 17.3 Å². The molecule has 2 heterocycles. The van der Waals surface area contributed by atoms with Crippen LogP contribution in [0.3, 0.4) is 0 Å². The van der Waals surface area contributed by atoms with Crippen LogP contribution in [0.1, 0.15) is 10.8 Å². The van der Waals surface area contributed by atoms with E-state index in [4.69, 9.17) is 5.73 Å². The highest BCUT2D eigenvalue weighted by atomic mass is 32.1. The van der Waals surface area contributed by atoms with Gasteiger partial charge in [0, 0.05) is 25.0 Å². The molecule has 0 radical (unpaired) electrons. The third kappa shape index (κ3) is 3.79. The largest absolute Gasteiger partial charge is 0.368 e. The van der Waals surface area contributed by atoms with Crippen molar-refractivity contribution < 1.29 is 0 Å². The molecule has 2 N–H and O–H groups in total. The van der Waals surface area contributed by atoms with Crippen molar-refractivity contribution in [2.75, 3.05) is 24.7 Å². The zero-order valence-corrected chi connectivity index (χ0v) is 14.5. The summed E-state index contributed by atoms with van der Waals surface area (Å²) in [5.41, 5.74) is 7.89. The summed E-state index contributed by atoms with van der Waals surface area (Å²) in [6, 6.07) is 12.0. The molecular formula is C17H15N7S. The summed E-state index contributed by atoms with van der Waals surface area (Å²) in [7, 11) is 3.59. The molecule has 0 spiro atoms. The highest BCUT2D eigenvalue weighted by molar-refractivity contribution is 7.10. The molecule has 2 aromatic heterocycles. The average molecular weight is 349 g/mol. The highest BCUT2D eigenvalue weighted by Gasteiger charge is 2.12. The van der Waals surface area contributed by atoms with Crippen LogP contribution < -0.4 is 10.6 Å². The molecule has 0 aliphatic heterocycles. The molecule has 124 valence electrons. The van der Waals surface area contributed by atoms with E-state index in [0.29, 0.717) is 11.0 Å². The maximum atomic E-state index is 9.49. The molecular weight excluding hydrogens is 334 g/mol. The number of benzene rings is 1. The summed E-state index contributed by atoms with van der Waals surface area (Å²) < 4.78 is 0. The molecule has 0 aliphatic rings. The fraction of sp³-hybridized carbons (Fsp3) is 0.118. The lowest BCUT2D eigenvalue weighted by Crippen LogP contribution is -2.15. The van der Waals surface area contributed by atoms with Gasteiger partial charge < -0.3 is 10.6 Å². The SMILES string of the molecule is CN(C)c1nc(N)nc(/C(C#N)=C\c2nc(-c3ccccc3)cs2)n1. The number of thiazole rings is 1. The van der Waals surface area contributed by atoms with E-state index >= 15 is 0 Å². The predicted molar refractivity (Wildman–Crippen MR) is 99.6 cm³/mol. The van der Waals surface area contributed by atoms with Crippen molar-refractivity contribution in [1.82, 2.24) is 19.9 Å². The number of rotatable bonds is 4. The van der Waals surface area contributed by atoms with Crippen LogP contribution in [-0.4, -0.2) is 34.0 Å². The minimum atomic E-state index is 0.0685. The number of hydrogen-bond acceptors (Lipinski definition) is 8. The number of hydrogen-bond donors (Lipinski definition) is 1. The lowest BCUT2D eigenvalue weighted by Gasteiger charge is -2.10. The van der Waals surface area contributed by atoms with Crippen molar-refractivity contribution in [2.24, 2.45) is 0 Å². The van der Waals surface area contributed by atoms with Crippen LogP contribution >= 0.6 is 11.3 Å². The summed E-state index contributed by atoms with van der Waals surface area (Å²) in [6.07, 6.45) is 1.66. The molecule has 0 saturated heterocycles. The maximum absolute atomic E-state index is 9.49. The first kappa shape index (κ1) is 16.5. The van der Waals surface area contributed by atoms with Gasteiger partial charge in [0.15, 0.2) is 5.82 Å². The molecule has 7 nitrogen and oxygen atoms in total. The summed E-state index contributed by atoms with van der Waals surface area (Å²) in [4.78, 5) is 18.6. The summed E-state index contributed by atoms with van der Waals surface area (Å²) in [6.45, 7) is 0. The average Bonchev–Trinajstić information content (AvgIpc) is 3.08. The van der Waals surface area contributed by atoms with Crippen LogP contribution in [0.15, 0.2) is 35.7 Å². The van der Waals surface area contributed by atoms with Crippen LogP contribution in [-0.2, 0) is 0 Å². The van der Waals surface area contributed by atoms with E-state index in [9.17, 15) is 5.26 Å². The Balaban J connectivity index is 1.97. The van der Waals surface area contributed by atoms with Crippen molar-refractivity contribution in [3.8, 4) is 17.3 Å². The van der Waals surface area contributed by atoms with Gasteiger partial charge in [-0.1, -0.05) is 30.3 Å². The van der Waals surface area contributed by atoms with Crippen LogP contribution in [0, 0.1) is 11.3 Å². The van der Waals surface area contributed by atoms with E-state index < -0.39 is 0 Å². The lowest BCUT2D eigenvalue weighted by molar-refractivity contribution is 0.952. The van der Waals surface area contributed by atoms with Crippen molar-refractivity contribution in [2.45, 2.75) is 0 Å². The molecule has 0 atom stereocenters. The molecule has 0 amide bonds. The van der Waals surface area contributed by atoms with Gasteiger partial charge >= 0.3 is 0 Å². The van der Waals surface area contributed by atoms with Gasteiger partial charge in [0.05, 0.1) is 11.3 Å². The predicted octanol–water partition coefficient (Wildman–Crippen LogP) is 2.71. The van der Waals surface area contributed by atoms with E-state index in [1.165, 1.54) is 11.3 Å². The zero-order chi connectivity index (χ0) is 17.8. The van der Waals surface area contributed by atoms with Crippen LogP contribution in [0.2, 0.25) is 0 Å². The number of anilines is 2. The number of aromatic nitrogens is 4. The Hall–Kier alpha value is -3.31. The highest BCUT2D eigenvalue weighted by Crippen LogP contribution is 2.24. The monoisotopic (exact) mass is 349 g/mol. The van der Waals surface area contributed by atoms with E-state index in [1.807, 2.05) is 35.7 Å². The Labute approximate surface area is 149 Å². The second-order valence-electron chi connectivity index (χ2n) is 5.32. The van der Waals surface area contributed by atoms with E-state index in [0.717, 1.165) is 11.3 Å². The first-order valence-electron chi connectivity index (χ1n) is 7.39. The molecule has 3 rings (SSSR count). The third-order valence-electron chi connectivity index (χ3n) is 3.26. The molecule has 0 bridgehead atoms. The Bertz CT molecular complexity index is 955. The number of nitrogens with zero attached hydrogens (tertiary/aromatic N) is 6. The number of allylic oxidation sites excluding steroid dienone is 1. The number of nitriles is 1. The second kappa shape index (κ2) is 7.07. The minimum absolute atomic E-state index is 0.0685. The van der Waals surface area contributed by atoms with Gasteiger partial charge in [-0.15, -0.1) is 11.3 Å². The first-order chi connectivity index (χ1) is 12.1. The number of nitrogen functional groups attached to an aromatic ring is 1. The van der Waals surface area contributed by atoms with Crippen molar-refractivity contribution in [3.63, 3.8) is 0 Å². The molecule has 8 heteroatoms. The maximum Gasteiger partial charge on any atom is 0.230 e. The normalized spacial score (nSPS) is 11.2. The van der Waals surface area contributed by atoms with Gasteiger partial charge in [-0.2, -0.15) is 20.2 Å². The topological polar surface area (TPSA) is 105 Å².